The van der Waals surface area contributed by atoms with Crippen LogP contribution in [0.4, 0.5) is 10.1 Å². The van der Waals surface area contributed by atoms with Gasteiger partial charge >= 0.3 is 0 Å². The summed E-state index contributed by atoms with van der Waals surface area (Å²) in [6, 6.07) is 25.7. The van der Waals surface area contributed by atoms with E-state index >= 15 is 0 Å². The Labute approximate surface area is 288 Å². The number of methoxy groups -OCH3 is 1. The maximum absolute atomic E-state index is 14.2. The van der Waals surface area contributed by atoms with Gasteiger partial charge in [-0.05, 0) is 89.4 Å². The van der Waals surface area contributed by atoms with Gasteiger partial charge in [0.15, 0.2) is 16.3 Å². The van der Waals surface area contributed by atoms with Gasteiger partial charge in [0.2, 0.25) is 0 Å². The Morgan fingerprint density at radius 1 is 1.04 bits per heavy atom. The van der Waals surface area contributed by atoms with Crippen molar-refractivity contribution in [3.63, 3.8) is 0 Å². The van der Waals surface area contributed by atoms with Crippen molar-refractivity contribution in [2.75, 3.05) is 19.0 Å². The van der Waals surface area contributed by atoms with E-state index in [2.05, 4.69) is 21.2 Å². The highest BCUT2D eigenvalue weighted by molar-refractivity contribution is 9.10. The van der Waals surface area contributed by atoms with Gasteiger partial charge in [0.25, 0.3) is 11.5 Å². The number of para-hydroxylation sites is 1. The van der Waals surface area contributed by atoms with Crippen LogP contribution < -0.4 is 34.4 Å². The van der Waals surface area contributed by atoms with E-state index < -0.39 is 6.04 Å². The third-order valence-electron chi connectivity index (χ3n) is 7.68. The topological polar surface area (TPSA) is 91.2 Å². The van der Waals surface area contributed by atoms with Crippen LogP contribution in [0.5, 0.6) is 17.2 Å². The second-order valence-electron chi connectivity index (χ2n) is 10.8. The van der Waals surface area contributed by atoms with E-state index in [1.54, 1.807) is 60.0 Å². The largest absolute Gasteiger partial charge is 0.494 e. The van der Waals surface area contributed by atoms with E-state index in [4.69, 9.17) is 19.2 Å². The Kier molecular flexibility index (Phi) is 9.88. The van der Waals surface area contributed by atoms with Crippen molar-refractivity contribution in [2.24, 2.45) is 4.99 Å². The third-order valence-corrected chi connectivity index (χ3v) is 9.26. The van der Waals surface area contributed by atoms with Gasteiger partial charge in [-0.3, -0.25) is 14.2 Å². The number of hydrogen-bond donors (Lipinski definition) is 1. The van der Waals surface area contributed by atoms with Crippen LogP contribution in [0, 0.1) is 5.82 Å². The van der Waals surface area contributed by atoms with E-state index in [1.807, 2.05) is 49.4 Å². The molecule has 0 radical (unpaired) electrons. The lowest BCUT2D eigenvalue weighted by molar-refractivity contribution is -0.113. The van der Waals surface area contributed by atoms with Gasteiger partial charge in [-0.15, -0.1) is 0 Å². The standard InChI is InChI=1S/C37H31BrFN3O5S/c1-4-46-27-16-14-24(15-17-27)33-32(35(43)41-26-11-6-5-7-12-26)22(2)40-37-42(33)36(44)31(48-37)20-23-18-28(38)34(30(19-23)45-3)47-21-25-10-8-9-13-29(25)39/h5-20,33H,4,21H2,1-3H3,(H,41,43)/b31-20-/t33-/m0/s1. The van der Waals surface area contributed by atoms with Crippen LogP contribution in [0.1, 0.15) is 36.6 Å². The molecule has 0 bridgehead atoms. The van der Waals surface area contributed by atoms with Crippen molar-refractivity contribution in [2.45, 2.75) is 26.5 Å². The molecule has 244 valence electrons. The molecule has 1 N–H and O–H groups in total. The molecule has 2 heterocycles. The zero-order valence-electron chi connectivity index (χ0n) is 26.3. The number of ether oxygens (including phenoxy) is 3. The lowest BCUT2D eigenvalue weighted by Crippen LogP contribution is -2.40. The molecule has 1 aromatic heterocycles. The van der Waals surface area contributed by atoms with E-state index in [1.165, 1.54) is 24.5 Å². The summed E-state index contributed by atoms with van der Waals surface area (Å²) < 4.78 is 33.9. The van der Waals surface area contributed by atoms with Crippen molar-refractivity contribution in [3.05, 3.63) is 149 Å². The van der Waals surface area contributed by atoms with Crippen molar-refractivity contribution in [3.8, 4) is 17.2 Å². The SMILES string of the molecule is CCOc1ccc([C@H]2C(C(=O)Nc3ccccc3)=C(C)N=c3s/c(=C\c4cc(Br)c(OCc5ccccc5F)c(OC)c4)c(=O)n32)cc1. The number of anilines is 1. The van der Waals surface area contributed by atoms with Crippen molar-refractivity contribution < 1.29 is 23.4 Å². The van der Waals surface area contributed by atoms with E-state index in [-0.39, 0.29) is 23.9 Å². The Morgan fingerprint density at radius 2 is 1.77 bits per heavy atom. The van der Waals surface area contributed by atoms with Gasteiger partial charge in [-0.2, -0.15) is 0 Å². The summed E-state index contributed by atoms with van der Waals surface area (Å²) >= 11 is 4.79. The zero-order valence-corrected chi connectivity index (χ0v) is 28.7. The Morgan fingerprint density at radius 3 is 2.48 bits per heavy atom. The van der Waals surface area contributed by atoms with Crippen LogP contribution >= 0.6 is 27.3 Å². The molecule has 11 heteroatoms. The summed E-state index contributed by atoms with van der Waals surface area (Å²) in [5.41, 5.74) is 3.01. The molecule has 1 amide bonds. The predicted octanol–water partition coefficient (Wildman–Crippen LogP) is 6.76. The number of rotatable bonds is 10. The number of aromatic nitrogens is 1. The molecule has 48 heavy (non-hydrogen) atoms. The van der Waals surface area contributed by atoms with Crippen LogP contribution in [0.3, 0.4) is 0 Å². The number of nitrogens with zero attached hydrogens (tertiary/aromatic N) is 2. The summed E-state index contributed by atoms with van der Waals surface area (Å²) in [5.74, 6) is 0.780. The molecule has 1 aliphatic rings. The number of benzene rings is 4. The van der Waals surface area contributed by atoms with Crippen LogP contribution in [0.2, 0.25) is 0 Å². The molecule has 0 saturated heterocycles. The van der Waals surface area contributed by atoms with Gasteiger partial charge in [0.05, 0.1) is 40.0 Å². The lowest BCUT2D eigenvalue weighted by atomic mass is 9.95. The maximum Gasteiger partial charge on any atom is 0.271 e. The summed E-state index contributed by atoms with van der Waals surface area (Å²) in [4.78, 5) is 33.2. The Balaban J connectivity index is 1.41. The van der Waals surface area contributed by atoms with Gasteiger partial charge in [0.1, 0.15) is 18.2 Å². The zero-order chi connectivity index (χ0) is 33.8. The number of carbonyl (C=O) groups is 1. The lowest BCUT2D eigenvalue weighted by Gasteiger charge is -2.25. The number of fused-ring (bicyclic) bond motifs is 1. The van der Waals surface area contributed by atoms with Gasteiger partial charge in [0, 0.05) is 11.3 Å². The number of allylic oxidation sites excluding steroid dienone is 1. The molecule has 8 nitrogen and oxygen atoms in total. The molecule has 1 aliphatic heterocycles. The van der Waals surface area contributed by atoms with E-state index in [0.29, 0.717) is 65.7 Å². The van der Waals surface area contributed by atoms with E-state index in [9.17, 15) is 14.0 Å². The summed E-state index contributed by atoms with van der Waals surface area (Å²) in [6.45, 7) is 4.20. The minimum atomic E-state index is -0.738. The molecule has 0 fully saturated rings. The number of carbonyl (C=O) groups excluding carboxylic acids is 1. The summed E-state index contributed by atoms with van der Waals surface area (Å²) in [5, 5.41) is 2.97. The number of halogens is 2. The van der Waals surface area contributed by atoms with Crippen LogP contribution in [-0.2, 0) is 11.4 Å². The van der Waals surface area contributed by atoms with Gasteiger partial charge in [-0.1, -0.05) is 59.9 Å². The van der Waals surface area contributed by atoms with Crippen LogP contribution in [-0.4, -0.2) is 24.2 Å². The molecule has 0 aliphatic carbocycles. The summed E-state index contributed by atoms with van der Waals surface area (Å²) in [6.07, 6.45) is 1.75. The monoisotopic (exact) mass is 727 g/mol. The number of thiazole rings is 1. The fourth-order valence-corrected chi connectivity index (χ4v) is 7.06. The second kappa shape index (κ2) is 14.4. The minimum Gasteiger partial charge on any atom is -0.494 e. The Hall–Kier alpha value is -5.00. The number of amides is 1. The molecule has 4 aromatic carbocycles. The first-order valence-electron chi connectivity index (χ1n) is 15.1. The molecule has 6 rings (SSSR count). The summed E-state index contributed by atoms with van der Waals surface area (Å²) in [7, 11) is 1.51. The minimum absolute atomic E-state index is 0.00463. The first-order valence-corrected chi connectivity index (χ1v) is 16.7. The quantitative estimate of drug-likeness (QED) is 0.172. The van der Waals surface area contributed by atoms with Crippen molar-refractivity contribution in [1.29, 1.82) is 0 Å². The average molecular weight is 729 g/mol. The molecular formula is C37H31BrFN3O5S. The maximum atomic E-state index is 14.2. The molecule has 5 aromatic rings. The first-order chi connectivity index (χ1) is 23.3. The fraction of sp³-hybridized carbons (Fsp3) is 0.162. The fourth-order valence-electron chi connectivity index (χ4n) is 5.44. The molecule has 0 spiro atoms. The molecular weight excluding hydrogens is 697 g/mol. The smallest absolute Gasteiger partial charge is 0.271 e. The molecule has 1 atom stereocenters. The van der Waals surface area contributed by atoms with Crippen molar-refractivity contribution in [1.82, 2.24) is 4.57 Å². The second-order valence-corrected chi connectivity index (χ2v) is 12.7. The van der Waals surface area contributed by atoms with Crippen molar-refractivity contribution >= 4 is 44.9 Å². The third kappa shape index (κ3) is 6.83. The van der Waals surface area contributed by atoms with Gasteiger partial charge in [-0.25, -0.2) is 9.38 Å². The average Bonchev–Trinajstić information content (AvgIpc) is 3.38. The molecule has 0 saturated carbocycles. The Bertz CT molecular complexity index is 2200. The normalized spacial score (nSPS) is 14.3. The predicted molar refractivity (Wildman–Crippen MR) is 188 cm³/mol. The van der Waals surface area contributed by atoms with Crippen LogP contribution in [0.15, 0.2) is 117 Å². The van der Waals surface area contributed by atoms with E-state index in [0.717, 1.165) is 5.56 Å². The number of nitrogens with one attached hydrogen (secondary N) is 1. The highest BCUT2D eigenvalue weighted by atomic mass is 79.9. The molecule has 0 unspecified atom stereocenters. The highest BCUT2D eigenvalue weighted by Gasteiger charge is 2.32. The van der Waals surface area contributed by atoms with Crippen LogP contribution in [0.25, 0.3) is 6.08 Å². The first kappa shape index (κ1) is 32.9. The van der Waals surface area contributed by atoms with Gasteiger partial charge < -0.3 is 19.5 Å². The highest BCUT2D eigenvalue weighted by Crippen LogP contribution is 2.38. The number of hydrogen-bond acceptors (Lipinski definition) is 7.